The lowest BCUT2D eigenvalue weighted by atomic mass is 10.0. The number of hydrogen-bond donors (Lipinski definition) is 13. The Morgan fingerprint density at radius 1 is 0.815 bits per heavy atom. The number of rotatable bonds is 27. The van der Waals surface area contributed by atoms with Gasteiger partial charge in [-0.2, -0.15) is 0 Å². The highest BCUT2D eigenvalue weighted by atomic mass is 16.4. The first kappa shape index (κ1) is 52.4. The van der Waals surface area contributed by atoms with Crippen LogP contribution >= 0.6 is 0 Å². The van der Waals surface area contributed by atoms with E-state index in [0.717, 1.165) is 4.90 Å². The van der Waals surface area contributed by atoms with E-state index in [4.69, 9.17) is 17.2 Å². The number of likely N-dealkylation sites (tertiary alicyclic amines) is 1. The first-order valence-electron chi connectivity index (χ1n) is 20.8. The number of primary amides is 1. The lowest BCUT2D eigenvalue weighted by Gasteiger charge is -2.28. The SMILES string of the molecule is C[C@@H](O)[C@H](NC(=O)[C@H](Cc1cnc[nH]1)NC(=O)[C@@H](N)CC(N)=O)C(=O)NCC(=O)N[C@@H](CCCCN)C(=O)N[C@@H](Cc1ccccc1)C(=O)N[C@@H](CC(=O)O)C(=O)N1CCC[C@H]1C(=O)O. The maximum absolute atomic E-state index is 13.9. The number of nitrogens with zero attached hydrogens (tertiary/aromatic N) is 2. The molecule has 0 saturated carbocycles. The van der Waals surface area contributed by atoms with E-state index in [1.165, 1.54) is 19.4 Å². The third kappa shape index (κ3) is 17.2. The largest absolute Gasteiger partial charge is 0.481 e. The number of carboxylic acid groups (broad SMARTS) is 2. The second kappa shape index (κ2) is 26.0. The first-order valence-corrected chi connectivity index (χ1v) is 20.8. The molecule has 65 heavy (non-hydrogen) atoms. The van der Waals surface area contributed by atoms with Crippen molar-refractivity contribution in [1.29, 1.82) is 0 Å². The Morgan fingerprint density at radius 2 is 1.45 bits per heavy atom. The van der Waals surface area contributed by atoms with Crippen LogP contribution in [-0.4, -0.2) is 157 Å². The molecule has 0 bridgehead atoms. The quantitative estimate of drug-likeness (QED) is 0.0373. The van der Waals surface area contributed by atoms with Gasteiger partial charge in [-0.3, -0.25) is 43.2 Å². The number of imidazole rings is 1. The average molecular weight is 915 g/mol. The smallest absolute Gasteiger partial charge is 0.326 e. The summed E-state index contributed by atoms with van der Waals surface area (Å²) in [6, 6.07) is -1.86. The zero-order chi connectivity index (χ0) is 48.2. The van der Waals surface area contributed by atoms with E-state index in [-0.39, 0.29) is 38.8 Å². The van der Waals surface area contributed by atoms with Gasteiger partial charge in [-0.25, -0.2) is 9.78 Å². The fourth-order valence-electron chi connectivity index (χ4n) is 6.82. The predicted molar refractivity (Wildman–Crippen MR) is 226 cm³/mol. The normalized spacial score (nSPS) is 16.6. The fraction of sp³-hybridized carbons (Fsp3) is 0.525. The maximum Gasteiger partial charge on any atom is 0.326 e. The Balaban J connectivity index is 1.76. The monoisotopic (exact) mass is 914 g/mol. The van der Waals surface area contributed by atoms with E-state index in [1.54, 1.807) is 30.3 Å². The molecule has 0 radical (unpaired) electrons. The average Bonchev–Trinajstić information content (AvgIpc) is 3.96. The van der Waals surface area contributed by atoms with Crippen LogP contribution in [0.15, 0.2) is 42.9 Å². The molecule has 1 fully saturated rings. The molecule has 1 aliphatic rings. The van der Waals surface area contributed by atoms with E-state index in [9.17, 15) is 63.3 Å². The first-order chi connectivity index (χ1) is 30.8. The number of nitrogens with one attached hydrogen (secondary N) is 7. The van der Waals surface area contributed by atoms with Crippen LogP contribution in [0.2, 0.25) is 0 Å². The van der Waals surface area contributed by atoms with Crippen molar-refractivity contribution in [2.24, 2.45) is 17.2 Å². The number of hydrogen-bond acceptors (Lipinski definition) is 14. The second-order valence-corrected chi connectivity index (χ2v) is 15.4. The molecule has 8 amide bonds. The topological polar surface area (TPSA) is 414 Å². The van der Waals surface area contributed by atoms with Gasteiger partial charge in [0.1, 0.15) is 36.3 Å². The van der Waals surface area contributed by atoms with Crippen molar-refractivity contribution in [3.8, 4) is 0 Å². The van der Waals surface area contributed by atoms with Crippen LogP contribution in [0.25, 0.3) is 0 Å². The number of aliphatic hydroxyl groups excluding tert-OH is 1. The van der Waals surface area contributed by atoms with E-state index in [1.807, 2.05) is 0 Å². The summed E-state index contributed by atoms with van der Waals surface area (Å²) in [5.41, 5.74) is 17.4. The molecule has 2 aromatic rings. The van der Waals surface area contributed by atoms with Crippen molar-refractivity contribution >= 4 is 59.2 Å². The van der Waals surface area contributed by atoms with Crippen LogP contribution in [0.5, 0.6) is 0 Å². The van der Waals surface area contributed by atoms with Gasteiger partial charge >= 0.3 is 11.9 Å². The van der Waals surface area contributed by atoms with E-state index < -0.39 is 127 Å². The third-order valence-electron chi connectivity index (χ3n) is 10.2. The summed E-state index contributed by atoms with van der Waals surface area (Å²) in [4.78, 5) is 136. The summed E-state index contributed by atoms with van der Waals surface area (Å²) in [7, 11) is 0. The lowest BCUT2D eigenvalue weighted by molar-refractivity contribution is -0.150. The van der Waals surface area contributed by atoms with Crippen LogP contribution in [0.4, 0.5) is 0 Å². The molecular weight excluding hydrogens is 857 g/mol. The Morgan fingerprint density at radius 3 is 2.05 bits per heavy atom. The molecule has 0 spiro atoms. The predicted octanol–water partition coefficient (Wildman–Crippen LogP) is -5.00. The van der Waals surface area contributed by atoms with Gasteiger partial charge in [0.2, 0.25) is 47.3 Å². The van der Waals surface area contributed by atoms with Crippen molar-refractivity contribution in [3.63, 3.8) is 0 Å². The summed E-state index contributed by atoms with van der Waals surface area (Å²) in [6.45, 7) is 0.646. The van der Waals surface area contributed by atoms with Gasteiger partial charge < -0.3 is 74.3 Å². The highest BCUT2D eigenvalue weighted by Gasteiger charge is 2.40. The standard InChI is InChI=1S/C40H58N12O13/c1-21(53)33(51-37(61)27(15-23-18-44-20-46-23)48-34(58)24(42)16-30(43)54)38(62)45-19-31(55)47-25(10-5-6-12-41)35(59)49-26(14-22-8-3-2-4-9-22)36(60)50-28(17-32(56)57)39(63)52-13-7-11-29(52)40(64)65/h2-4,8-9,18,20-21,24-29,33,53H,5-7,10-17,19,41-42H2,1H3,(H2,43,54)(H,44,46)(H,45,62)(H,47,55)(H,48,58)(H,49,59)(H,50,60)(H,51,61)(H,56,57)(H,64,65)/t21-,24+,25+,26+,27+,28+,29+,33+/m1/s1. The molecule has 2 heterocycles. The number of carboxylic acids is 2. The minimum Gasteiger partial charge on any atom is -0.481 e. The number of carbonyl (C=O) groups is 10. The summed E-state index contributed by atoms with van der Waals surface area (Å²) in [6.07, 6.45) is 0.559. The van der Waals surface area contributed by atoms with Crippen LogP contribution in [0, 0.1) is 0 Å². The summed E-state index contributed by atoms with van der Waals surface area (Å²) < 4.78 is 0. The molecule has 1 saturated heterocycles. The molecule has 0 aliphatic carbocycles. The number of H-pyrrole nitrogens is 1. The Kier molecular flexibility index (Phi) is 20.9. The number of carbonyl (C=O) groups excluding carboxylic acids is 8. The zero-order valence-electron chi connectivity index (χ0n) is 35.7. The van der Waals surface area contributed by atoms with Crippen molar-refractivity contribution in [3.05, 3.63) is 54.1 Å². The third-order valence-corrected chi connectivity index (χ3v) is 10.2. The van der Waals surface area contributed by atoms with Gasteiger partial charge in [0, 0.05) is 31.3 Å². The Labute approximate surface area is 372 Å². The number of benzene rings is 1. The number of aliphatic carboxylic acids is 2. The van der Waals surface area contributed by atoms with E-state index in [0.29, 0.717) is 30.5 Å². The van der Waals surface area contributed by atoms with Gasteiger partial charge in [0.25, 0.3) is 0 Å². The maximum atomic E-state index is 13.9. The van der Waals surface area contributed by atoms with Gasteiger partial charge in [-0.05, 0) is 51.1 Å². The number of aromatic nitrogens is 2. The Bertz CT molecular complexity index is 1990. The lowest BCUT2D eigenvalue weighted by Crippen LogP contribution is -2.60. The van der Waals surface area contributed by atoms with Crippen molar-refractivity contribution in [2.75, 3.05) is 19.6 Å². The number of amides is 8. The Hall–Kier alpha value is -6.99. The molecule has 1 aliphatic heterocycles. The second-order valence-electron chi connectivity index (χ2n) is 15.4. The van der Waals surface area contributed by atoms with Crippen molar-refractivity contribution in [2.45, 2.75) is 113 Å². The van der Waals surface area contributed by atoms with Gasteiger partial charge in [0.05, 0.1) is 37.9 Å². The number of aromatic amines is 1. The van der Waals surface area contributed by atoms with Crippen LogP contribution in [0.3, 0.4) is 0 Å². The number of unbranched alkanes of at least 4 members (excludes halogenated alkanes) is 1. The van der Waals surface area contributed by atoms with E-state index >= 15 is 0 Å². The van der Waals surface area contributed by atoms with Crippen molar-refractivity contribution < 1.29 is 63.3 Å². The minimum atomic E-state index is -1.69. The van der Waals surface area contributed by atoms with Crippen LogP contribution < -0.4 is 49.1 Å². The minimum absolute atomic E-state index is 0.00699. The van der Waals surface area contributed by atoms with E-state index in [2.05, 4.69) is 41.9 Å². The molecule has 25 heteroatoms. The molecule has 8 atom stereocenters. The molecule has 0 unspecified atom stereocenters. The zero-order valence-corrected chi connectivity index (χ0v) is 35.7. The molecule has 356 valence electrons. The van der Waals surface area contributed by atoms with Gasteiger partial charge in [-0.15, -0.1) is 0 Å². The molecular formula is C40H58N12O13. The van der Waals surface area contributed by atoms with Crippen LogP contribution in [-0.2, 0) is 60.8 Å². The molecule has 16 N–H and O–H groups in total. The number of nitrogens with two attached hydrogens (primary N) is 3. The van der Waals surface area contributed by atoms with Crippen molar-refractivity contribution in [1.82, 2.24) is 46.8 Å². The fourth-order valence-corrected chi connectivity index (χ4v) is 6.82. The molecule has 1 aromatic carbocycles. The molecule has 3 rings (SSSR count). The van der Waals surface area contributed by atoms with Crippen LogP contribution in [0.1, 0.15) is 63.1 Å². The summed E-state index contributed by atoms with van der Waals surface area (Å²) >= 11 is 0. The van der Waals surface area contributed by atoms with Gasteiger partial charge in [0.15, 0.2) is 0 Å². The highest BCUT2D eigenvalue weighted by Crippen LogP contribution is 2.19. The molecule has 1 aromatic heterocycles. The highest BCUT2D eigenvalue weighted by molar-refractivity contribution is 5.98. The summed E-state index contributed by atoms with van der Waals surface area (Å²) in [5, 5.41) is 44.1. The number of aliphatic hydroxyl groups is 1. The van der Waals surface area contributed by atoms with Gasteiger partial charge in [-0.1, -0.05) is 30.3 Å². The summed E-state index contributed by atoms with van der Waals surface area (Å²) in [5.74, 6) is -10.2. The molecule has 25 nitrogen and oxygen atoms in total.